The lowest BCUT2D eigenvalue weighted by atomic mass is 9.85. The smallest absolute Gasteiger partial charge is 0.253 e. The van der Waals surface area contributed by atoms with Gasteiger partial charge >= 0.3 is 0 Å². The molecule has 7 heteroatoms. The molecule has 2 atom stereocenters. The molecular weight excluding hydrogens is 443 g/mol. The first kappa shape index (κ1) is 23.5. The maximum Gasteiger partial charge on any atom is 0.253 e. The molecular formula is C25H32Cl2N4O. The van der Waals surface area contributed by atoms with E-state index in [1.165, 1.54) is 5.56 Å². The van der Waals surface area contributed by atoms with Crippen LogP contribution in [0.5, 0.6) is 0 Å². The summed E-state index contributed by atoms with van der Waals surface area (Å²) in [4.78, 5) is 15.0. The number of benzene rings is 2. The maximum absolute atomic E-state index is 12.6. The minimum absolute atomic E-state index is 0.133. The van der Waals surface area contributed by atoms with Crippen LogP contribution in [0.25, 0.3) is 0 Å². The number of nitrogens with zero attached hydrogens (tertiary/aromatic N) is 1. The zero-order chi connectivity index (χ0) is 22.5. The number of nitrogens with one attached hydrogen (secondary N) is 3. The Morgan fingerprint density at radius 1 is 1.03 bits per heavy atom. The average Bonchev–Trinajstić information content (AvgIpc) is 3.25. The van der Waals surface area contributed by atoms with Crippen molar-refractivity contribution in [3.05, 3.63) is 69.7 Å². The van der Waals surface area contributed by atoms with Crippen LogP contribution in [0.4, 0.5) is 0 Å². The van der Waals surface area contributed by atoms with E-state index in [4.69, 9.17) is 23.2 Å². The largest absolute Gasteiger partial charge is 0.349 e. The molecule has 0 bridgehead atoms. The zero-order valence-corrected chi connectivity index (χ0v) is 20.0. The normalized spacial score (nSPS) is 25.8. The van der Waals surface area contributed by atoms with Gasteiger partial charge in [0.25, 0.3) is 5.91 Å². The van der Waals surface area contributed by atoms with Gasteiger partial charge < -0.3 is 10.2 Å². The fraction of sp³-hybridized carbons (Fsp3) is 0.480. The Hall–Kier alpha value is -1.63. The van der Waals surface area contributed by atoms with Gasteiger partial charge in [0.05, 0.1) is 10.6 Å². The summed E-state index contributed by atoms with van der Waals surface area (Å²) in [5.74, 6) is 0.535. The summed E-state index contributed by atoms with van der Waals surface area (Å²) >= 11 is 12.2. The van der Waals surface area contributed by atoms with Gasteiger partial charge in [0, 0.05) is 36.2 Å². The molecule has 5 nitrogen and oxygen atoms in total. The van der Waals surface area contributed by atoms with Gasteiger partial charge in [-0.2, -0.15) is 0 Å². The molecule has 2 aromatic carbocycles. The molecule has 32 heavy (non-hydrogen) atoms. The summed E-state index contributed by atoms with van der Waals surface area (Å²) in [6.07, 6.45) is 5.35. The molecule has 1 saturated carbocycles. The van der Waals surface area contributed by atoms with Crippen molar-refractivity contribution in [3.63, 3.8) is 0 Å². The van der Waals surface area contributed by atoms with Gasteiger partial charge in [-0.1, -0.05) is 53.5 Å². The summed E-state index contributed by atoms with van der Waals surface area (Å²) in [6, 6.07) is 16.6. The van der Waals surface area contributed by atoms with E-state index in [9.17, 15) is 4.79 Å². The minimum Gasteiger partial charge on any atom is -0.349 e. The quantitative estimate of drug-likeness (QED) is 0.538. The lowest BCUT2D eigenvalue weighted by Gasteiger charge is -2.32. The number of amides is 1. The second-order valence-corrected chi connectivity index (χ2v) is 10.1. The number of hydrogen-bond acceptors (Lipinski definition) is 4. The van der Waals surface area contributed by atoms with E-state index in [1.807, 2.05) is 0 Å². The first-order chi connectivity index (χ1) is 15.5. The first-order valence-corrected chi connectivity index (χ1v) is 12.2. The van der Waals surface area contributed by atoms with Crippen LogP contribution in [0.15, 0.2) is 48.5 Å². The van der Waals surface area contributed by atoms with E-state index >= 15 is 0 Å². The van der Waals surface area contributed by atoms with Crippen molar-refractivity contribution in [1.29, 1.82) is 0 Å². The number of carbonyl (C=O) groups is 1. The molecule has 4 rings (SSSR count). The molecule has 2 unspecified atom stereocenters. The summed E-state index contributed by atoms with van der Waals surface area (Å²) < 4.78 is 0. The van der Waals surface area contributed by atoms with E-state index in [2.05, 4.69) is 58.4 Å². The van der Waals surface area contributed by atoms with Crippen LogP contribution < -0.4 is 16.2 Å². The van der Waals surface area contributed by atoms with Crippen molar-refractivity contribution in [2.75, 3.05) is 20.1 Å². The Kier molecular flexibility index (Phi) is 8.08. The monoisotopic (exact) mass is 474 g/mol. The van der Waals surface area contributed by atoms with Gasteiger partial charge in [-0.15, -0.1) is 0 Å². The van der Waals surface area contributed by atoms with Crippen molar-refractivity contribution in [1.82, 2.24) is 21.1 Å². The van der Waals surface area contributed by atoms with Crippen LogP contribution in [0.3, 0.4) is 0 Å². The van der Waals surface area contributed by atoms with E-state index < -0.39 is 0 Å². The number of halogens is 2. The van der Waals surface area contributed by atoms with E-state index in [0.29, 0.717) is 33.6 Å². The molecule has 3 N–H and O–H groups in total. The SMILES string of the molecule is CN(CC1CCC(NC(=O)c2cc(Cl)ccc2Cl)CC1)CC1CC(c2ccccc2)NN1. The average molecular weight is 475 g/mol. The number of carbonyl (C=O) groups excluding carboxylic acids is 1. The lowest BCUT2D eigenvalue weighted by Crippen LogP contribution is -2.42. The maximum atomic E-state index is 12.6. The summed E-state index contributed by atoms with van der Waals surface area (Å²) in [5, 5.41) is 4.10. The molecule has 0 spiro atoms. The molecule has 2 aliphatic rings. The standard InChI is InChI=1S/C25H32Cl2N4O/c1-31(16-21-14-24(30-29-21)18-5-3-2-4-6-18)15-17-7-10-20(11-8-17)28-25(32)22-13-19(26)9-12-23(22)27/h2-6,9,12-13,17,20-21,24,29-30H,7-8,10-11,14-16H2,1H3,(H,28,32). The van der Waals surface area contributed by atoms with E-state index in [1.54, 1.807) is 18.2 Å². The third kappa shape index (κ3) is 6.24. The molecule has 0 radical (unpaired) electrons. The molecule has 1 saturated heterocycles. The predicted octanol–water partition coefficient (Wildman–Crippen LogP) is 4.82. The lowest BCUT2D eigenvalue weighted by molar-refractivity contribution is 0.0918. The van der Waals surface area contributed by atoms with Gasteiger partial charge in [0.1, 0.15) is 0 Å². The van der Waals surface area contributed by atoms with Crippen molar-refractivity contribution in [2.45, 2.75) is 50.2 Å². The Morgan fingerprint density at radius 2 is 1.78 bits per heavy atom. The first-order valence-electron chi connectivity index (χ1n) is 11.5. The van der Waals surface area contributed by atoms with Crippen LogP contribution in [-0.4, -0.2) is 43.0 Å². The van der Waals surface area contributed by atoms with Gasteiger partial charge in [-0.25, -0.2) is 5.43 Å². The fourth-order valence-electron chi connectivity index (χ4n) is 4.96. The van der Waals surface area contributed by atoms with Crippen LogP contribution >= 0.6 is 23.2 Å². The molecule has 1 heterocycles. The zero-order valence-electron chi connectivity index (χ0n) is 18.5. The third-order valence-corrected chi connectivity index (χ3v) is 7.21. The highest BCUT2D eigenvalue weighted by atomic mass is 35.5. The summed E-state index contributed by atoms with van der Waals surface area (Å²) in [5.41, 5.74) is 8.70. The van der Waals surface area contributed by atoms with Crippen LogP contribution in [0, 0.1) is 5.92 Å². The number of likely N-dealkylation sites (N-methyl/N-ethyl adjacent to an activating group) is 1. The van der Waals surface area contributed by atoms with Crippen LogP contribution in [-0.2, 0) is 0 Å². The Morgan fingerprint density at radius 3 is 2.53 bits per heavy atom. The second-order valence-electron chi connectivity index (χ2n) is 9.22. The molecule has 172 valence electrons. The predicted molar refractivity (Wildman–Crippen MR) is 131 cm³/mol. The highest BCUT2D eigenvalue weighted by Crippen LogP contribution is 2.27. The van der Waals surface area contributed by atoms with Crippen LogP contribution in [0.1, 0.15) is 54.1 Å². The Labute approximate surface area is 200 Å². The van der Waals surface area contributed by atoms with Gasteiger partial charge in [0.15, 0.2) is 0 Å². The third-order valence-electron chi connectivity index (χ3n) is 6.64. The van der Waals surface area contributed by atoms with Gasteiger partial charge in [-0.05, 0) is 68.8 Å². The van der Waals surface area contributed by atoms with Crippen molar-refractivity contribution in [3.8, 4) is 0 Å². The fourth-order valence-corrected chi connectivity index (χ4v) is 5.34. The summed E-state index contributed by atoms with van der Waals surface area (Å²) in [7, 11) is 2.21. The Balaban J connectivity index is 1.18. The van der Waals surface area contributed by atoms with Crippen LogP contribution in [0.2, 0.25) is 10.0 Å². The Bertz CT molecular complexity index is 902. The molecule has 0 aromatic heterocycles. The van der Waals surface area contributed by atoms with E-state index in [0.717, 1.165) is 45.2 Å². The topological polar surface area (TPSA) is 56.4 Å². The molecule has 1 amide bonds. The molecule has 1 aliphatic heterocycles. The van der Waals surface area contributed by atoms with Crippen molar-refractivity contribution < 1.29 is 4.79 Å². The molecule has 2 aromatic rings. The number of hydrogen-bond donors (Lipinski definition) is 3. The minimum atomic E-state index is -0.133. The van der Waals surface area contributed by atoms with E-state index in [-0.39, 0.29) is 11.9 Å². The number of rotatable bonds is 7. The van der Waals surface area contributed by atoms with Gasteiger partial charge in [0.2, 0.25) is 0 Å². The molecule has 1 aliphatic carbocycles. The van der Waals surface area contributed by atoms with Crippen molar-refractivity contribution in [2.24, 2.45) is 5.92 Å². The van der Waals surface area contributed by atoms with Gasteiger partial charge in [-0.3, -0.25) is 10.2 Å². The molecule has 2 fully saturated rings. The summed E-state index contributed by atoms with van der Waals surface area (Å²) in [6.45, 7) is 2.12. The highest BCUT2D eigenvalue weighted by Gasteiger charge is 2.28. The highest BCUT2D eigenvalue weighted by molar-refractivity contribution is 6.35. The number of hydrazine groups is 1. The van der Waals surface area contributed by atoms with Crippen molar-refractivity contribution >= 4 is 29.1 Å². The second kappa shape index (κ2) is 11.0.